The Bertz CT molecular complexity index is 383. The summed E-state index contributed by atoms with van der Waals surface area (Å²) in [6.45, 7) is -0.915. The lowest BCUT2D eigenvalue weighted by Gasteiger charge is -2.29. The molecule has 0 aliphatic carbocycles. The van der Waals surface area contributed by atoms with Crippen molar-refractivity contribution in [2.75, 3.05) is 26.7 Å². The highest BCUT2D eigenvalue weighted by Gasteiger charge is 2.32. The summed E-state index contributed by atoms with van der Waals surface area (Å²) in [5, 5.41) is 10.4. The second-order valence-electron chi connectivity index (χ2n) is 4.70. The monoisotopic (exact) mass is 276 g/mol. The van der Waals surface area contributed by atoms with Crippen LogP contribution in [0.5, 0.6) is 0 Å². The first-order valence-electron chi connectivity index (χ1n) is 6.00. The van der Waals surface area contributed by atoms with Gasteiger partial charge < -0.3 is 10.8 Å². The number of hydrogen-bond donors (Lipinski definition) is 2. The first-order valence-corrected chi connectivity index (χ1v) is 6.00. The SMILES string of the molecule is CN(CCC(O)(CN)c1ccccc1)CC(F)(F)F. The number of hydrogen-bond acceptors (Lipinski definition) is 3. The van der Waals surface area contributed by atoms with E-state index in [9.17, 15) is 18.3 Å². The zero-order valence-electron chi connectivity index (χ0n) is 10.8. The molecule has 1 atom stereocenters. The molecule has 0 amide bonds. The van der Waals surface area contributed by atoms with Crippen LogP contribution in [0, 0.1) is 0 Å². The van der Waals surface area contributed by atoms with Crippen molar-refractivity contribution in [1.29, 1.82) is 0 Å². The zero-order valence-corrected chi connectivity index (χ0v) is 10.8. The standard InChI is InChI=1S/C13H19F3N2O/c1-18(10-13(14,15)16)8-7-12(19,9-17)11-5-3-2-4-6-11/h2-6,19H,7-10,17H2,1H3. The number of nitrogens with two attached hydrogens (primary N) is 1. The van der Waals surface area contributed by atoms with Crippen LogP contribution in [-0.2, 0) is 5.60 Å². The summed E-state index contributed by atoms with van der Waals surface area (Å²) in [5.41, 5.74) is 4.89. The Morgan fingerprint density at radius 1 is 1.21 bits per heavy atom. The molecule has 0 aliphatic heterocycles. The Kier molecular flexibility index (Phi) is 5.34. The van der Waals surface area contributed by atoms with E-state index < -0.39 is 18.3 Å². The zero-order chi connectivity index (χ0) is 14.5. The van der Waals surface area contributed by atoms with Gasteiger partial charge in [-0.2, -0.15) is 13.2 Å². The van der Waals surface area contributed by atoms with Crippen LogP contribution in [-0.4, -0.2) is 42.9 Å². The fourth-order valence-electron chi connectivity index (χ4n) is 1.87. The van der Waals surface area contributed by atoms with E-state index in [1.807, 2.05) is 0 Å². The quantitative estimate of drug-likeness (QED) is 0.831. The summed E-state index contributed by atoms with van der Waals surface area (Å²) >= 11 is 0. The molecule has 6 heteroatoms. The van der Waals surface area contributed by atoms with Gasteiger partial charge in [0, 0.05) is 13.1 Å². The minimum Gasteiger partial charge on any atom is -0.384 e. The summed E-state index contributed by atoms with van der Waals surface area (Å²) in [6, 6.07) is 8.76. The molecule has 0 fully saturated rings. The summed E-state index contributed by atoms with van der Waals surface area (Å²) in [7, 11) is 1.37. The average molecular weight is 276 g/mol. The summed E-state index contributed by atoms with van der Waals surface area (Å²) in [6.07, 6.45) is -4.08. The van der Waals surface area contributed by atoms with Crippen LogP contribution in [0.15, 0.2) is 30.3 Å². The van der Waals surface area contributed by atoms with Gasteiger partial charge in [-0.05, 0) is 19.0 Å². The number of alkyl halides is 3. The maximum Gasteiger partial charge on any atom is 0.401 e. The van der Waals surface area contributed by atoms with Crippen molar-refractivity contribution in [2.45, 2.75) is 18.2 Å². The molecule has 0 aliphatic rings. The lowest BCUT2D eigenvalue weighted by atomic mass is 9.90. The van der Waals surface area contributed by atoms with Crippen molar-refractivity contribution >= 4 is 0 Å². The highest BCUT2D eigenvalue weighted by atomic mass is 19.4. The molecule has 1 aromatic rings. The van der Waals surface area contributed by atoms with E-state index in [1.54, 1.807) is 30.3 Å². The molecule has 0 bridgehead atoms. The van der Waals surface area contributed by atoms with E-state index in [1.165, 1.54) is 7.05 Å². The minimum atomic E-state index is -4.23. The fraction of sp³-hybridized carbons (Fsp3) is 0.538. The van der Waals surface area contributed by atoms with E-state index in [-0.39, 0.29) is 19.5 Å². The van der Waals surface area contributed by atoms with Crippen LogP contribution in [0.4, 0.5) is 13.2 Å². The maximum atomic E-state index is 12.2. The molecule has 3 nitrogen and oxygen atoms in total. The van der Waals surface area contributed by atoms with Crippen LogP contribution >= 0.6 is 0 Å². The van der Waals surface area contributed by atoms with E-state index in [2.05, 4.69) is 0 Å². The molecule has 0 saturated carbocycles. The number of benzene rings is 1. The number of aliphatic hydroxyl groups is 1. The highest BCUT2D eigenvalue weighted by molar-refractivity contribution is 5.22. The number of halogens is 3. The van der Waals surface area contributed by atoms with Gasteiger partial charge in [0.1, 0.15) is 5.60 Å². The predicted molar refractivity (Wildman–Crippen MR) is 67.6 cm³/mol. The lowest BCUT2D eigenvalue weighted by Crippen LogP contribution is -2.40. The van der Waals surface area contributed by atoms with Gasteiger partial charge >= 0.3 is 6.18 Å². The van der Waals surface area contributed by atoms with Crippen molar-refractivity contribution in [2.24, 2.45) is 5.73 Å². The maximum absolute atomic E-state index is 12.2. The summed E-state index contributed by atoms with van der Waals surface area (Å²) < 4.78 is 36.6. The molecule has 3 N–H and O–H groups in total. The molecule has 0 radical (unpaired) electrons. The van der Waals surface area contributed by atoms with Crippen molar-refractivity contribution in [1.82, 2.24) is 4.90 Å². The van der Waals surface area contributed by atoms with Gasteiger partial charge in [-0.15, -0.1) is 0 Å². The van der Waals surface area contributed by atoms with Crippen LogP contribution < -0.4 is 5.73 Å². The van der Waals surface area contributed by atoms with Crippen molar-refractivity contribution in [3.05, 3.63) is 35.9 Å². The number of rotatable bonds is 6. The van der Waals surface area contributed by atoms with Gasteiger partial charge in [-0.25, -0.2) is 0 Å². The van der Waals surface area contributed by atoms with Crippen molar-refractivity contribution in [3.8, 4) is 0 Å². The van der Waals surface area contributed by atoms with E-state index >= 15 is 0 Å². The fourth-order valence-corrected chi connectivity index (χ4v) is 1.87. The molecule has 0 heterocycles. The average Bonchev–Trinajstić information content (AvgIpc) is 2.35. The Morgan fingerprint density at radius 2 is 1.79 bits per heavy atom. The summed E-state index contributed by atoms with van der Waals surface area (Å²) in [4.78, 5) is 1.13. The molecule has 19 heavy (non-hydrogen) atoms. The molecule has 1 rings (SSSR count). The Hall–Kier alpha value is -1.11. The van der Waals surface area contributed by atoms with E-state index in [4.69, 9.17) is 5.73 Å². The Morgan fingerprint density at radius 3 is 2.26 bits per heavy atom. The molecule has 1 unspecified atom stereocenters. The lowest BCUT2D eigenvalue weighted by molar-refractivity contribution is -0.144. The van der Waals surface area contributed by atoms with Crippen molar-refractivity contribution in [3.63, 3.8) is 0 Å². The van der Waals surface area contributed by atoms with Crippen LogP contribution in [0.1, 0.15) is 12.0 Å². The van der Waals surface area contributed by atoms with Gasteiger partial charge in [-0.3, -0.25) is 4.90 Å². The molecule has 0 aromatic heterocycles. The third-order valence-corrected chi connectivity index (χ3v) is 3.01. The van der Waals surface area contributed by atoms with E-state index in [0.29, 0.717) is 5.56 Å². The smallest absolute Gasteiger partial charge is 0.384 e. The van der Waals surface area contributed by atoms with Crippen LogP contribution in [0.3, 0.4) is 0 Å². The first kappa shape index (κ1) is 15.9. The largest absolute Gasteiger partial charge is 0.401 e. The predicted octanol–water partition coefficient (Wildman–Crippen LogP) is 1.72. The topological polar surface area (TPSA) is 49.5 Å². The van der Waals surface area contributed by atoms with Crippen molar-refractivity contribution < 1.29 is 18.3 Å². The van der Waals surface area contributed by atoms with E-state index in [0.717, 1.165) is 4.90 Å². The molecular formula is C13H19F3N2O. The Balaban J connectivity index is 2.63. The van der Waals surface area contributed by atoms with Gasteiger partial charge in [0.05, 0.1) is 6.54 Å². The molecular weight excluding hydrogens is 257 g/mol. The van der Waals surface area contributed by atoms with Gasteiger partial charge in [0.15, 0.2) is 0 Å². The van der Waals surface area contributed by atoms with Gasteiger partial charge in [-0.1, -0.05) is 30.3 Å². The number of nitrogens with zero attached hydrogens (tertiary/aromatic N) is 1. The second-order valence-corrected chi connectivity index (χ2v) is 4.70. The molecule has 1 aromatic carbocycles. The van der Waals surface area contributed by atoms with Gasteiger partial charge in [0.2, 0.25) is 0 Å². The molecule has 0 saturated heterocycles. The highest BCUT2D eigenvalue weighted by Crippen LogP contribution is 2.24. The molecule has 0 spiro atoms. The normalized spacial score (nSPS) is 15.5. The van der Waals surface area contributed by atoms with Crippen LogP contribution in [0.2, 0.25) is 0 Å². The summed E-state index contributed by atoms with van der Waals surface area (Å²) in [5.74, 6) is 0. The van der Waals surface area contributed by atoms with Gasteiger partial charge in [0.25, 0.3) is 0 Å². The Labute approximate surface area is 110 Å². The first-order chi connectivity index (χ1) is 8.77. The third-order valence-electron chi connectivity index (χ3n) is 3.01. The molecule has 108 valence electrons. The third kappa shape index (κ3) is 5.18. The minimum absolute atomic E-state index is 0.0309. The van der Waals surface area contributed by atoms with Crippen LogP contribution in [0.25, 0.3) is 0 Å². The second kappa shape index (κ2) is 6.36.